The maximum Gasteiger partial charge on any atom is 0.0858 e. The Morgan fingerprint density at radius 1 is 1.50 bits per heavy atom. The van der Waals surface area contributed by atoms with Crippen molar-refractivity contribution in [2.24, 2.45) is 11.1 Å². The van der Waals surface area contributed by atoms with Crippen LogP contribution in [-0.2, 0) is 0 Å². The molecule has 0 radical (unpaired) electrons. The second kappa shape index (κ2) is 4.36. The molecule has 3 heteroatoms. The number of rotatable bonds is 3. The van der Waals surface area contributed by atoms with Crippen molar-refractivity contribution >= 4 is 11.6 Å². The first kappa shape index (κ1) is 11.9. The smallest absolute Gasteiger partial charge is 0.0858 e. The standard InChI is InChI=1S/C13H18ClNO/c1-9-3-4-10(7-11(9)14)12(16)13(8-15)5-2-6-13/h3-4,7,12,16H,2,5-6,8,15H2,1H3. The Labute approximate surface area is 101 Å². The highest BCUT2D eigenvalue weighted by Gasteiger charge is 2.42. The van der Waals surface area contributed by atoms with Crippen molar-refractivity contribution in [3.8, 4) is 0 Å². The fourth-order valence-electron chi connectivity index (χ4n) is 2.35. The zero-order valence-electron chi connectivity index (χ0n) is 9.54. The predicted octanol–water partition coefficient (Wildman–Crippen LogP) is 2.81. The first-order valence-electron chi connectivity index (χ1n) is 5.73. The van der Waals surface area contributed by atoms with Gasteiger partial charge in [0.05, 0.1) is 6.10 Å². The van der Waals surface area contributed by atoms with Crippen molar-refractivity contribution in [3.63, 3.8) is 0 Å². The second-order valence-electron chi connectivity index (χ2n) is 4.83. The van der Waals surface area contributed by atoms with Crippen LogP contribution in [0.15, 0.2) is 18.2 Å². The van der Waals surface area contributed by atoms with Gasteiger partial charge in [-0.25, -0.2) is 0 Å². The maximum absolute atomic E-state index is 10.4. The average molecular weight is 240 g/mol. The Morgan fingerprint density at radius 2 is 2.19 bits per heavy atom. The number of aliphatic hydroxyl groups is 1. The van der Waals surface area contributed by atoms with Crippen LogP contribution in [0.2, 0.25) is 5.02 Å². The van der Waals surface area contributed by atoms with E-state index in [0.29, 0.717) is 11.6 Å². The van der Waals surface area contributed by atoms with E-state index in [1.165, 1.54) is 0 Å². The molecule has 0 aromatic heterocycles. The number of benzene rings is 1. The highest BCUT2D eigenvalue weighted by molar-refractivity contribution is 6.31. The molecule has 88 valence electrons. The Hall–Kier alpha value is -0.570. The van der Waals surface area contributed by atoms with E-state index in [1.807, 2.05) is 25.1 Å². The molecule has 0 saturated heterocycles. The third-order valence-corrected chi connectivity index (χ3v) is 4.25. The largest absolute Gasteiger partial charge is 0.388 e. The highest BCUT2D eigenvalue weighted by atomic mass is 35.5. The van der Waals surface area contributed by atoms with Crippen LogP contribution in [0.4, 0.5) is 0 Å². The summed E-state index contributed by atoms with van der Waals surface area (Å²) in [7, 11) is 0. The minimum Gasteiger partial charge on any atom is -0.388 e. The molecule has 0 heterocycles. The summed E-state index contributed by atoms with van der Waals surface area (Å²) in [6, 6.07) is 5.75. The Morgan fingerprint density at radius 3 is 2.62 bits per heavy atom. The fourth-order valence-corrected chi connectivity index (χ4v) is 2.54. The summed E-state index contributed by atoms with van der Waals surface area (Å²) in [6.07, 6.45) is 2.70. The van der Waals surface area contributed by atoms with Crippen molar-refractivity contribution in [2.45, 2.75) is 32.3 Å². The molecule has 0 bridgehead atoms. The van der Waals surface area contributed by atoms with Gasteiger partial charge < -0.3 is 10.8 Å². The van der Waals surface area contributed by atoms with E-state index in [0.717, 1.165) is 30.4 Å². The first-order valence-corrected chi connectivity index (χ1v) is 6.11. The summed E-state index contributed by atoms with van der Waals surface area (Å²) < 4.78 is 0. The summed E-state index contributed by atoms with van der Waals surface area (Å²) >= 11 is 6.07. The van der Waals surface area contributed by atoms with E-state index in [4.69, 9.17) is 17.3 Å². The van der Waals surface area contributed by atoms with E-state index in [9.17, 15) is 5.11 Å². The normalized spacial score (nSPS) is 20.2. The first-order chi connectivity index (χ1) is 7.59. The van der Waals surface area contributed by atoms with Crippen LogP contribution in [0.3, 0.4) is 0 Å². The minimum absolute atomic E-state index is 0.113. The number of halogens is 1. The number of aliphatic hydroxyl groups excluding tert-OH is 1. The molecule has 0 spiro atoms. The third kappa shape index (κ3) is 1.86. The van der Waals surface area contributed by atoms with Crippen molar-refractivity contribution < 1.29 is 5.11 Å². The summed E-state index contributed by atoms with van der Waals surface area (Å²) in [4.78, 5) is 0. The van der Waals surface area contributed by atoms with Gasteiger partial charge in [-0.15, -0.1) is 0 Å². The Kier molecular flexibility index (Phi) is 3.24. The number of hydrogen-bond acceptors (Lipinski definition) is 2. The lowest BCUT2D eigenvalue weighted by atomic mass is 9.63. The van der Waals surface area contributed by atoms with E-state index in [1.54, 1.807) is 0 Å². The maximum atomic E-state index is 10.4. The van der Waals surface area contributed by atoms with Crippen LogP contribution in [0.25, 0.3) is 0 Å². The average Bonchev–Trinajstić information content (AvgIpc) is 2.21. The van der Waals surface area contributed by atoms with E-state index in [-0.39, 0.29) is 5.41 Å². The lowest BCUT2D eigenvalue weighted by molar-refractivity contribution is -0.0296. The van der Waals surface area contributed by atoms with Crippen LogP contribution in [0, 0.1) is 12.3 Å². The molecular formula is C13H18ClNO. The van der Waals surface area contributed by atoms with Gasteiger partial charge in [-0.3, -0.25) is 0 Å². The molecule has 1 aliphatic rings. The molecule has 2 rings (SSSR count). The lowest BCUT2D eigenvalue weighted by Crippen LogP contribution is -2.42. The Bertz CT molecular complexity index is 382. The monoisotopic (exact) mass is 239 g/mol. The van der Waals surface area contributed by atoms with Crippen LogP contribution in [0.5, 0.6) is 0 Å². The van der Waals surface area contributed by atoms with Crippen molar-refractivity contribution in [2.75, 3.05) is 6.54 Å². The molecular weight excluding hydrogens is 222 g/mol. The zero-order valence-corrected chi connectivity index (χ0v) is 10.3. The van der Waals surface area contributed by atoms with Gasteiger partial charge in [0.25, 0.3) is 0 Å². The molecule has 3 N–H and O–H groups in total. The number of nitrogens with two attached hydrogens (primary N) is 1. The summed E-state index contributed by atoms with van der Waals surface area (Å²) in [5, 5.41) is 11.1. The summed E-state index contributed by atoms with van der Waals surface area (Å²) in [6.45, 7) is 2.50. The molecule has 2 nitrogen and oxygen atoms in total. The topological polar surface area (TPSA) is 46.2 Å². The van der Waals surface area contributed by atoms with Crippen LogP contribution >= 0.6 is 11.6 Å². The molecule has 1 aromatic rings. The molecule has 0 aliphatic heterocycles. The summed E-state index contributed by atoms with van der Waals surface area (Å²) in [5.74, 6) is 0. The quantitative estimate of drug-likeness (QED) is 0.852. The number of hydrogen-bond donors (Lipinski definition) is 2. The minimum atomic E-state index is -0.482. The van der Waals surface area contributed by atoms with Crippen LogP contribution in [-0.4, -0.2) is 11.7 Å². The molecule has 1 fully saturated rings. The lowest BCUT2D eigenvalue weighted by Gasteiger charge is -2.45. The number of aryl methyl sites for hydroxylation is 1. The van der Waals surface area contributed by atoms with Crippen LogP contribution in [0.1, 0.15) is 36.5 Å². The van der Waals surface area contributed by atoms with Gasteiger partial charge in [0, 0.05) is 17.0 Å². The van der Waals surface area contributed by atoms with Gasteiger partial charge >= 0.3 is 0 Å². The van der Waals surface area contributed by atoms with E-state index in [2.05, 4.69) is 0 Å². The van der Waals surface area contributed by atoms with Crippen molar-refractivity contribution in [1.82, 2.24) is 0 Å². The van der Waals surface area contributed by atoms with Gasteiger partial charge in [-0.05, 0) is 37.0 Å². The van der Waals surface area contributed by atoms with E-state index >= 15 is 0 Å². The van der Waals surface area contributed by atoms with Gasteiger partial charge in [-0.2, -0.15) is 0 Å². The predicted molar refractivity (Wildman–Crippen MR) is 66.5 cm³/mol. The second-order valence-corrected chi connectivity index (χ2v) is 5.24. The molecule has 1 aliphatic carbocycles. The van der Waals surface area contributed by atoms with Gasteiger partial charge in [0.1, 0.15) is 0 Å². The van der Waals surface area contributed by atoms with Crippen LogP contribution < -0.4 is 5.73 Å². The van der Waals surface area contributed by atoms with Gasteiger partial charge in [0.2, 0.25) is 0 Å². The summed E-state index contributed by atoms with van der Waals surface area (Å²) in [5.41, 5.74) is 7.59. The van der Waals surface area contributed by atoms with Crippen molar-refractivity contribution in [3.05, 3.63) is 34.3 Å². The Balaban J connectivity index is 2.26. The van der Waals surface area contributed by atoms with Gasteiger partial charge in [-0.1, -0.05) is 30.2 Å². The molecule has 1 saturated carbocycles. The zero-order chi connectivity index (χ0) is 11.8. The van der Waals surface area contributed by atoms with E-state index < -0.39 is 6.10 Å². The van der Waals surface area contributed by atoms with Crippen molar-refractivity contribution in [1.29, 1.82) is 0 Å². The molecule has 16 heavy (non-hydrogen) atoms. The molecule has 1 unspecified atom stereocenters. The molecule has 1 atom stereocenters. The van der Waals surface area contributed by atoms with Gasteiger partial charge in [0.15, 0.2) is 0 Å². The molecule has 0 amide bonds. The highest BCUT2D eigenvalue weighted by Crippen LogP contribution is 2.49. The third-order valence-electron chi connectivity index (χ3n) is 3.85. The molecule has 1 aromatic carbocycles. The fraction of sp³-hybridized carbons (Fsp3) is 0.538. The SMILES string of the molecule is Cc1ccc(C(O)C2(CN)CCC2)cc1Cl.